The van der Waals surface area contributed by atoms with Gasteiger partial charge >= 0.3 is 0 Å². The van der Waals surface area contributed by atoms with E-state index in [4.69, 9.17) is 19.2 Å². The van der Waals surface area contributed by atoms with Gasteiger partial charge in [-0.05, 0) is 72.2 Å². The fourth-order valence-electron chi connectivity index (χ4n) is 5.57. The molecule has 0 radical (unpaired) electrons. The number of fused-ring (bicyclic) bond motifs is 2. The third kappa shape index (κ3) is 5.31. The number of Topliss-reactive ketones (excluding diaryl/α,β-unsaturated/α-hetero) is 1. The smallest absolute Gasteiger partial charge is 0.271 e. The maximum Gasteiger partial charge on any atom is 0.271 e. The molecule has 44 heavy (non-hydrogen) atoms. The maximum atomic E-state index is 14.1. The van der Waals surface area contributed by atoms with E-state index >= 15 is 0 Å². The van der Waals surface area contributed by atoms with Gasteiger partial charge in [-0.1, -0.05) is 59.9 Å². The molecule has 9 heteroatoms. The Bertz CT molecular complexity index is 2130. The molecule has 0 unspecified atom stereocenters. The second-order valence-electron chi connectivity index (χ2n) is 10.4. The Labute approximate surface area is 256 Å². The van der Waals surface area contributed by atoms with Crippen LogP contribution in [-0.4, -0.2) is 24.6 Å². The average molecular weight is 609 g/mol. The standard InChI is InChI=1S/C35H29FN2O5S/c1-20-31(21(2)39)33(32-26-8-6-5-7-24(26)12-16-28(32)41-3)38-34(40)30(44-35(38)37-20)18-23-11-15-27(29(17-23)42-4)43-19-22-9-13-25(36)14-10-22/h5-18,33H,19H2,1-4H3/b30-18+/t33-/m1/s1. The van der Waals surface area contributed by atoms with Crippen molar-refractivity contribution in [2.45, 2.75) is 26.5 Å². The number of allylic oxidation sites excluding steroid dienone is 2. The zero-order valence-corrected chi connectivity index (χ0v) is 25.4. The van der Waals surface area contributed by atoms with E-state index in [0.717, 1.165) is 27.5 Å². The number of hydrogen-bond donors (Lipinski definition) is 0. The third-order valence-corrected chi connectivity index (χ3v) is 8.60. The van der Waals surface area contributed by atoms with Crippen molar-refractivity contribution in [2.24, 2.45) is 4.99 Å². The van der Waals surface area contributed by atoms with Gasteiger partial charge in [-0.3, -0.25) is 14.2 Å². The summed E-state index contributed by atoms with van der Waals surface area (Å²) in [6.45, 7) is 3.54. The Balaban J connectivity index is 1.46. The van der Waals surface area contributed by atoms with Crippen LogP contribution in [0.3, 0.4) is 0 Å². The number of carbonyl (C=O) groups excluding carboxylic acids is 1. The molecule has 0 bridgehead atoms. The van der Waals surface area contributed by atoms with Crippen LogP contribution in [0.4, 0.5) is 4.39 Å². The first kappa shape index (κ1) is 29.1. The van der Waals surface area contributed by atoms with E-state index in [1.54, 1.807) is 56.1 Å². The lowest BCUT2D eigenvalue weighted by Crippen LogP contribution is -2.39. The molecule has 0 N–H and O–H groups in total. The van der Waals surface area contributed by atoms with Crippen LogP contribution in [0.2, 0.25) is 0 Å². The molecule has 0 spiro atoms. The molecule has 2 heterocycles. The van der Waals surface area contributed by atoms with Gasteiger partial charge in [0.25, 0.3) is 5.56 Å². The Hall–Kier alpha value is -5.02. The van der Waals surface area contributed by atoms with Crippen molar-refractivity contribution in [3.8, 4) is 17.2 Å². The zero-order valence-electron chi connectivity index (χ0n) is 24.6. The van der Waals surface area contributed by atoms with Crippen molar-refractivity contribution >= 4 is 34.0 Å². The minimum atomic E-state index is -0.719. The quantitative estimate of drug-likeness (QED) is 0.226. The molecule has 4 aromatic carbocycles. The van der Waals surface area contributed by atoms with Crippen molar-refractivity contribution in [1.29, 1.82) is 0 Å². The molecule has 7 nitrogen and oxygen atoms in total. The van der Waals surface area contributed by atoms with Gasteiger partial charge < -0.3 is 14.2 Å². The van der Waals surface area contributed by atoms with Crippen LogP contribution in [-0.2, 0) is 11.4 Å². The van der Waals surface area contributed by atoms with E-state index < -0.39 is 6.04 Å². The van der Waals surface area contributed by atoms with Crippen molar-refractivity contribution in [3.63, 3.8) is 0 Å². The molecule has 0 fully saturated rings. The summed E-state index contributed by atoms with van der Waals surface area (Å²) in [6.07, 6.45) is 1.78. The van der Waals surface area contributed by atoms with E-state index in [1.807, 2.05) is 42.5 Å². The van der Waals surface area contributed by atoms with Gasteiger partial charge in [0.2, 0.25) is 0 Å². The van der Waals surface area contributed by atoms with Gasteiger partial charge in [-0.25, -0.2) is 9.38 Å². The zero-order chi connectivity index (χ0) is 31.0. The normalized spacial score (nSPS) is 14.8. The van der Waals surface area contributed by atoms with E-state index in [1.165, 1.54) is 30.4 Å². The van der Waals surface area contributed by atoms with Gasteiger partial charge in [-0.2, -0.15) is 0 Å². The van der Waals surface area contributed by atoms with Crippen LogP contribution in [0.25, 0.3) is 16.8 Å². The number of hydrogen-bond acceptors (Lipinski definition) is 7. The summed E-state index contributed by atoms with van der Waals surface area (Å²) < 4.78 is 32.6. The first-order chi connectivity index (χ1) is 21.3. The first-order valence-electron chi connectivity index (χ1n) is 13.9. The molecule has 1 aliphatic heterocycles. The Morgan fingerprint density at radius 2 is 1.70 bits per heavy atom. The molecule has 0 saturated carbocycles. The molecule has 1 aromatic heterocycles. The van der Waals surface area contributed by atoms with Gasteiger partial charge in [0.15, 0.2) is 22.1 Å². The highest BCUT2D eigenvalue weighted by Gasteiger charge is 2.33. The molecule has 0 saturated heterocycles. The lowest BCUT2D eigenvalue weighted by Gasteiger charge is -2.27. The minimum absolute atomic E-state index is 0.165. The summed E-state index contributed by atoms with van der Waals surface area (Å²) in [6, 6.07) is 22.4. The Morgan fingerprint density at radius 3 is 2.43 bits per heavy atom. The predicted octanol–water partition coefficient (Wildman–Crippen LogP) is 5.71. The van der Waals surface area contributed by atoms with Crippen LogP contribution < -0.4 is 29.1 Å². The van der Waals surface area contributed by atoms with Gasteiger partial charge in [0, 0.05) is 16.8 Å². The van der Waals surface area contributed by atoms with Crippen molar-refractivity contribution in [1.82, 2.24) is 4.57 Å². The second kappa shape index (κ2) is 11.9. The topological polar surface area (TPSA) is 79.1 Å². The molecule has 1 aliphatic rings. The average Bonchev–Trinajstić information content (AvgIpc) is 3.33. The highest BCUT2D eigenvalue weighted by Crippen LogP contribution is 2.40. The molecular formula is C35H29FN2O5S. The largest absolute Gasteiger partial charge is 0.496 e. The fourth-order valence-corrected chi connectivity index (χ4v) is 6.61. The molecular weight excluding hydrogens is 579 g/mol. The van der Waals surface area contributed by atoms with E-state index in [-0.39, 0.29) is 23.8 Å². The second-order valence-corrected chi connectivity index (χ2v) is 11.4. The number of methoxy groups -OCH3 is 2. The predicted molar refractivity (Wildman–Crippen MR) is 169 cm³/mol. The van der Waals surface area contributed by atoms with Crippen LogP contribution >= 0.6 is 11.3 Å². The Morgan fingerprint density at radius 1 is 0.977 bits per heavy atom. The molecule has 222 valence electrons. The number of ether oxygens (including phenoxy) is 3. The van der Waals surface area contributed by atoms with Gasteiger partial charge in [0.1, 0.15) is 18.2 Å². The SMILES string of the molecule is COc1cc(/C=c2/sc3n(c2=O)[C@@H](c2c(OC)ccc4ccccc24)C(C(C)=O)=C(C)N=3)ccc1OCc1ccc(F)cc1. The summed E-state index contributed by atoms with van der Waals surface area (Å²) >= 11 is 1.26. The van der Waals surface area contributed by atoms with Crippen molar-refractivity contribution in [2.75, 3.05) is 14.2 Å². The summed E-state index contributed by atoms with van der Waals surface area (Å²) in [5.74, 6) is 1.11. The van der Waals surface area contributed by atoms with Gasteiger partial charge in [-0.15, -0.1) is 0 Å². The number of thiazole rings is 1. The first-order valence-corrected chi connectivity index (χ1v) is 14.7. The molecule has 0 amide bonds. The lowest BCUT2D eigenvalue weighted by atomic mass is 9.89. The molecule has 5 aromatic rings. The molecule has 0 aliphatic carbocycles. The number of aromatic nitrogens is 1. The molecule has 6 rings (SSSR count). The van der Waals surface area contributed by atoms with Crippen LogP contribution in [0.1, 0.15) is 36.6 Å². The number of carbonyl (C=O) groups is 1. The summed E-state index contributed by atoms with van der Waals surface area (Å²) in [5.41, 5.74) is 3.02. The summed E-state index contributed by atoms with van der Waals surface area (Å²) in [5, 5.41) is 1.86. The van der Waals surface area contributed by atoms with Crippen LogP contribution in [0, 0.1) is 5.82 Å². The number of ketones is 1. The van der Waals surface area contributed by atoms with Crippen molar-refractivity contribution in [3.05, 3.63) is 132 Å². The highest BCUT2D eigenvalue weighted by molar-refractivity contribution is 7.07. The number of nitrogens with zero attached hydrogens (tertiary/aromatic N) is 2. The van der Waals surface area contributed by atoms with Gasteiger partial charge in [0.05, 0.1) is 24.8 Å². The van der Waals surface area contributed by atoms with Crippen molar-refractivity contribution < 1.29 is 23.4 Å². The summed E-state index contributed by atoms with van der Waals surface area (Å²) in [4.78, 5) is 32.4. The summed E-state index contributed by atoms with van der Waals surface area (Å²) in [7, 11) is 3.13. The third-order valence-electron chi connectivity index (χ3n) is 7.62. The number of halogens is 1. The Kier molecular flexibility index (Phi) is 7.88. The van der Waals surface area contributed by atoms with E-state index in [0.29, 0.717) is 37.9 Å². The fraction of sp³-hybridized carbons (Fsp3) is 0.171. The molecule has 1 atom stereocenters. The number of rotatable bonds is 8. The van der Waals surface area contributed by atoms with Crippen LogP contribution in [0.5, 0.6) is 17.2 Å². The van der Waals surface area contributed by atoms with Crippen LogP contribution in [0.15, 0.2) is 99.9 Å². The minimum Gasteiger partial charge on any atom is -0.496 e. The monoisotopic (exact) mass is 608 g/mol. The van der Waals surface area contributed by atoms with E-state index in [2.05, 4.69) is 0 Å². The highest BCUT2D eigenvalue weighted by atomic mass is 32.1. The van der Waals surface area contributed by atoms with E-state index in [9.17, 15) is 14.0 Å². The maximum absolute atomic E-state index is 14.1. The lowest BCUT2D eigenvalue weighted by molar-refractivity contribution is -0.114. The number of benzene rings is 4.